The molecule has 2 heterocycles. The fourth-order valence-electron chi connectivity index (χ4n) is 3.73. The Morgan fingerprint density at radius 3 is 2.68 bits per heavy atom. The van der Waals surface area contributed by atoms with Crippen LogP contribution in [0.2, 0.25) is 0 Å². The van der Waals surface area contributed by atoms with E-state index in [4.69, 9.17) is 4.74 Å². The lowest BCUT2D eigenvalue weighted by atomic mass is 9.87. The van der Waals surface area contributed by atoms with Gasteiger partial charge in [-0.3, -0.25) is 14.6 Å². The molecule has 2 aromatic rings. The van der Waals surface area contributed by atoms with Gasteiger partial charge in [0.15, 0.2) is 5.60 Å². The summed E-state index contributed by atoms with van der Waals surface area (Å²) in [6, 6.07) is 11.9. The van der Waals surface area contributed by atoms with E-state index in [0.29, 0.717) is 26.0 Å². The van der Waals surface area contributed by atoms with Crippen LogP contribution in [0.5, 0.6) is 0 Å². The van der Waals surface area contributed by atoms with Crippen LogP contribution in [0.25, 0.3) is 11.1 Å². The molecule has 0 aliphatic carbocycles. The third-order valence-electron chi connectivity index (χ3n) is 5.10. The SMILES string of the molecule is CCC(=O)N1CCO[C@@](Cc2ccccc2-c2cccnc2)(C(=O)N(C)C)C1. The molecule has 0 unspecified atom stereocenters. The Kier molecular flexibility index (Phi) is 6.09. The molecule has 1 aromatic heterocycles. The van der Waals surface area contributed by atoms with Crippen molar-refractivity contribution in [2.24, 2.45) is 0 Å². The molecule has 1 aliphatic heterocycles. The number of pyridine rings is 1. The van der Waals surface area contributed by atoms with Gasteiger partial charge < -0.3 is 14.5 Å². The second-order valence-electron chi connectivity index (χ2n) is 7.29. The number of hydrogen-bond acceptors (Lipinski definition) is 4. The molecule has 0 saturated carbocycles. The van der Waals surface area contributed by atoms with Gasteiger partial charge in [0.2, 0.25) is 5.91 Å². The molecule has 3 rings (SSSR count). The quantitative estimate of drug-likeness (QED) is 0.798. The van der Waals surface area contributed by atoms with E-state index in [9.17, 15) is 9.59 Å². The van der Waals surface area contributed by atoms with E-state index in [2.05, 4.69) is 4.98 Å². The lowest BCUT2D eigenvalue weighted by molar-refractivity contribution is -0.172. The van der Waals surface area contributed by atoms with Gasteiger partial charge in [0.05, 0.1) is 13.2 Å². The maximum Gasteiger partial charge on any atom is 0.256 e. The summed E-state index contributed by atoms with van der Waals surface area (Å²) in [5.41, 5.74) is 1.91. The first-order valence-electron chi connectivity index (χ1n) is 9.58. The van der Waals surface area contributed by atoms with E-state index in [0.717, 1.165) is 16.7 Å². The Morgan fingerprint density at radius 1 is 1.21 bits per heavy atom. The second-order valence-corrected chi connectivity index (χ2v) is 7.29. The fourth-order valence-corrected chi connectivity index (χ4v) is 3.73. The van der Waals surface area contributed by atoms with E-state index in [1.54, 1.807) is 30.1 Å². The van der Waals surface area contributed by atoms with Gasteiger partial charge in [-0.15, -0.1) is 0 Å². The number of ether oxygens (including phenoxy) is 1. The summed E-state index contributed by atoms with van der Waals surface area (Å²) in [5, 5.41) is 0. The van der Waals surface area contributed by atoms with Crippen molar-refractivity contribution < 1.29 is 14.3 Å². The third kappa shape index (κ3) is 4.07. The molecule has 1 aliphatic rings. The van der Waals surface area contributed by atoms with Crippen LogP contribution in [0.15, 0.2) is 48.8 Å². The van der Waals surface area contributed by atoms with E-state index < -0.39 is 5.60 Å². The van der Waals surface area contributed by atoms with Crippen LogP contribution in [-0.2, 0) is 20.7 Å². The first kappa shape index (κ1) is 20.0. The first-order valence-corrected chi connectivity index (χ1v) is 9.58. The highest BCUT2D eigenvalue weighted by Gasteiger charge is 2.46. The number of morpholine rings is 1. The number of nitrogens with zero attached hydrogens (tertiary/aromatic N) is 3. The summed E-state index contributed by atoms with van der Waals surface area (Å²) in [6.07, 6.45) is 4.36. The molecule has 1 aromatic carbocycles. The molecule has 148 valence electrons. The summed E-state index contributed by atoms with van der Waals surface area (Å²) >= 11 is 0. The van der Waals surface area contributed by atoms with Crippen LogP contribution in [0, 0.1) is 0 Å². The number of likely N-dealkylation sites (N-methyl/N-ethyl adjacent to an activating group) is 1. The number of benzene rings is 1. The van der Waals surface area contributed by atoms with Crippen molar-refractivity contribution in [2.45, 2.75) is 25.4 Å². The van der Waals surface area contributed by atoms with Gasteiger partial charge in [0, 0.05) is 51.4 Å². The summed E-state index contributed by atoms with van der Waals surface area (Å²) < 4.78 is 6.11. The molecule has 0 radical (unpaired) electrons. The molecule has 1 saturated heterocycles. The molecule has 0 bridgehead atoms. The zero-order chi connectivity index (χ0) is 20.1. The average molecular weight is 381 g/mol. The smallest absolute Gasteiger partial charge is 0.256 e. The highest BCUT2D eigenvalue weighted by atomic mass is 16.5. The van der Waals surface area contributed by atoms with Gasteiger partial charge in [-0.05, 0) is 17.2 Å². The van der Waals surface area contributed by atoms with Gasteiger partial charge in [-0.2, -0.15) is 0 Å². The summed E-state index contributed by atoms with van der Waals surface area (Å²) in [4.78, 5) is 33.0. The normalized spacial score (nSPS) is 19.3. The van der Waals surface area contributed by atoms with Crippen molar-refractivity contribution in [3.8, 4) is 11.1 Å². The molecular formula is C22H27N3O3. The summed E-state index contributed by atoms with van der Waals surface area (Å²) in [5.74, 6) is -0.0816. The molecule has 6 nitrogen and oxygen atoms in total. The van der Waals surface area contributed by atoms with Crippen molar-refractivity contribution in [3.05, 3.63) is 54.4 Å². The van der Waals surface area contributed by atoms with E-state index >= 15 is 0 Å². The monoisotopic (exact) mass is 381 g/mol. The van der Waals surface area contributed by atoms with E-state index in [1.807, 2.05) is 49.5 Å². The Morgan fingerprint density at radius 2 is 2.00 bits per heavy atom. The van der Waals surface area contributed by atoms with Crippen LogP contribution >= 0.6 is 0 Å². The zero-order valence-electron chi connectivity index (χ0n) is 16.7. The van der Waals surface area contributed by atoms with Crippen LogP contribution in [0.1, 0.15) is 18.9 Å². The maximum atomic E-state index is 13.2. The lowest BCUT2D eigenvalue weighted by Gasteiger charge is -2.43. The number of hydrogen-bond donors (Lipinski definition) is 0. The molecule has 2 amide bonds. The van der Waals surface area contributed by atoms with Gasteiger partial charge >= 0.3 is 0 Å². The maximum absolute atomic E-state index is 13.2. The minimum atomic E-state index is -1.09. The van der Waals surface area contributed by atoms with Gasteiger partial charge in [-0.1, -0.05) is 37.3 Å². The first-order chi connectivity index (χ1) is 13.5. The number of carbonyl (C=O) groups is 2. The van der Waals surface area contributed by atoms with Crippen LogP contribution in [0.4, 0.5) is 0 Å². The fraction of sp³-hybridized carbons (Fsp3) is 0.409. The van der Waals surface area contributed by atoms with Gasteiger partial charge in [-0.25, -0.2) is 0 Å². The molecule has 1 fully saturated rings. The highest BCUT2D eigenvalue weighted by Crippen LogP contribution is 2.31. The Labute approximate surface area is 166 Å². The molecule has 0 N–H and O–H groups in total. The number of amides is 2. The lowest BCUT2D eigenvalue weighted by Crippen LogP contribution is -2.61. The van der Waals surface area contributed by atoms with Gasteiger partial charge in [0.1, 0.15) is 0 Å². The molecular weight excluding hydrogens is 354 g/mol. The number of carbonyl (C=O) groups excluding carboxylic acids is 2. The minimum absolute atomic E-state index is 0.0415. The van der Waals surface area contributed by atoms with Crippen molar-refractivity contribution in [1.29, 1.82) is 0 Å². The van der Waals surface area contributed by atoms with Crippen LogP contribution < -0.4 is 0 Å². The Balaban J connectivity index is 2.00. The van der Waals surface area contributed by atoms with Crippen molar-refractivity contribution >= 4 is 11.8 Å². The zero-order valence-corrected chi connectivity index (χ0v) is 16.7. The minimum Gasteiger partial charge on any atom is -0.361 e. The Bertz CT molecular complexity index is 838. The summed E-state index contributed by atoms with van der Waals surface area (Å²) in [6.45, 7) is 2.96. The molecule has 0 spiro atoms. The highest BCUT2D eigenvalue weighted by molar-refractivity contribution is 5.87. The predicted octanol–water partition coefficient (Wildman–Crippen LogP) is 2.39. The van der Waals surface area contributed by atoms with E-state index in [-0.39, 0.29) is 18.4 Å². The van der Waals surface area contributed by atoms with Crippen LogP contribution in [-0.4, -0.2) is 66.0 Å². The Hall–Kier alpha value is -2.73. The predicted molar refractivity (Wildman–Crippen MR) is 108 cm³/mol. The third-order valence-corrected chi connectivity index (χ3v) is 5.10. The van der Waals surface area contributed by atoms with Gasteiger partial charge in [0.25, 0.3) is 5.91 Å². The average Bonchev–Trinajstić information content (AvgIpc) is 2.73. The summed E-state index contributed by atoms with van der Waals surface area (Å²) in [7, 11) is 3.45. The molecule has 1 atom stereocenters. The standard InChI is InChI=1S/C22H27N3O3/c1-4-20(26)25-12-13-28-22(16-25,21(27)24(2)3)14-17-8-5-6-10-19(17)18-9-7-11-23-15-18/h5-11,15H,4,12-14,16H2,1-3H3/t22-/m1/s1. The topological polar surface area (TPSA) is 62.7 Å². The second kappa shape index (κ2) is 8.52. The van der Waals surface area contributed by atoms with Crippen molar-refractivity contribution in [1.82, 2.24) is 14.8 Å². The van der Waals surface area contributed by atoms with Crippen molar-refractivity contribution in [3.63, 3.8) is 0 Å². The van der Waals surface area contributed by atoms with E-state index in [1.165, 1.54) is 0 Å². The number of aromatic nitrogens is 1. The largest absolute Gasteiger partial charge is 0.361 e. The van der Waals surface area contributed by atoms with Crippen LogP contribution in [0.3, 0.4) is 0 Å². The van der Waals surface area contributed by atoms with Crippen molar-refractivity contribution in [2.75, 3.05) is 33.8 Å². The molecule has 28 heavy (non-hydrogen) atoms. The number of rotatable bonds is 5. The molecule has 6 heteroatoms.